The number of nitrogens with zero attached hydrogens (tertiary/aromatic N) is 1. The average molecular weight is 350 g/mol. The topological polar surface area (TPSA) is 75.7 Å². The molecule has 1 aliphatic heterocycles. The number of nitrogens with one attached hydrogen (secondary N) is 1. The Labute approximate surface area is 145 Å². The molecule has 130 valence electrons. The van der Waals surface area contributed by atoms with Gasteiger partial charge in [-0.15, -0.1) is 0 Å². The van der Waals surface area contributed by atoms with Crippen LogP contribution in [0.1, 0.15) is 12.5 Å². The van der Waals surface area contributed by atoms with E-state index in [1.54, 1.807) is 18.7 Å². The standard InChI is InChI=1S/C17H22N2O4S/c1-2-23-17(22)14-12-24-9-8-19(14)16(21)11-18-15(20)10-13-6-4-3-5-7-13/h3-7,14H,2,8-12H2,1H3,(H,18,20)/t14-/m1/s1. The second-order valence-corrected chi connectivity index (χ2v) is 6.52. The maximum absolute atomic E-state index is 12.4. The molecule has 0 aromatic heterocycles. The van der Waals surface area contributed by atoms with Crippen molar-refractivity contribution in [3.05, 3.63) is 35.9 Å². The van der Waals surface area contributed by atoms with Crippen LogP contribution >= 0.6 is 11.8 Å². The minimum absolute atomic E-state index is 0.105. The van der Waals surface area contributed by atoms with Gasteiger partial charge in [0, 0.05) is 18.1 Å². The van der Waals surface area contributed by atoms with Gasteiger partial charge in [0.1, 0.15) is 6.04 Å². The number of ether oxygens (including phenoxy) is 1. The summed E-state index contributed by atoms with van der Waals surface area (Å²) in [7, 11) is 0. The number of rotatable bonds is 6. The Balaban J connectivity index is 1.85. The van der Waals surface area contributed by atoms with Crippen LogP contribution in [0.15, 0.2) is 30.3 Å². The monoisotopic (exact) mass is 350 g/mol. The Morgan fingerprint density at radius 2 is 2.04 bits per heavy atom. The van der Waals surface area contributed by atoms with E-state index in [1.807, 2.05) is 30.3 Å². The lowest BCUT2D eigenvalue weighted by atomic mass is 10.1. The van der Waals surface area contributed by atoms with Gasteiger partial charge in [0.2, 0.25) is 11.8 Å². The predicted octanol–water partition coefficient (Wildman–Crippen LogP) is 0.852. The highest BCUT2D eigenvalue weighted by molar-refractivity contribution is 7.99. The number of carbonyl (C=O) groups is 3. The molecule has 0 radical (unpaired) electrons. The molecule has 7 heteroatoms. The highest BCUT2D eigenvalue weighted by atomic mass is 32.2. The van der Waals surface area contributed by atoms with Gasteiger partial charge in [-0.25, -0.2) is 4.79 Å². The summed E-state index contributed by atoms with van der Waals surface area (Å²) in [6.07, 6.45) is 0.227. The van der Waals surface area contributed by atoms with Crippen molar-refractivity contribution < 1.29 is 19.1 Å². The van der Waals surface area contributed by atoms with Crippen LogP contribution < -0.4 is 5.32 Å². The lowest BCUT2D eigenvalue weighted by molar-refractivity contribution is -0.153. The van der Waals surface area contributed by atoms with Crippen molar-refractivity contribution >= 4 is 29.5 Å². The van der Waals surface area contributed by atoms with Crippen molar-refractivity contribution in [2.75, 3.05) is 31.2 Å². The van der Waals surface area contributed by atoms with E-state index in [2.05, 4.69) is 5.32 Å². The van der Waals surface area contributed by atoms with Gasteiger partial charge in [-0.1, -0.05) is 30.3 Å². The van der Waals surface area contributed by atoms with Gasteiger partial charge >= 0.3 is 5.97 Å². The molecule has 1 aromatic rings. The Morgan fingerprint density at radius 3 is 2.75 bits per heavy atom. The zero-order chi connectivity index (χ0) is 17.4. The summed E-state index contributed by atoms with van der Waals surface area (Å²) in [5.74, 6) is 0.458. The number of amides is 2. The fourth-order valence-electron chi connectivity index (χ4n) is 2.46. The molecule has 1 aromatic carbocycles. The van der Waals surface area contributed by atoms with E-state index in [-0.39, 0.29) is 37.4 Å². The van der Waals surface area contributed by atoms with Crippen LogP contribution in [-0.2, 0) is 25.5 Å². The molecule has 0 spiro atoms. The Hall–Kier alpha value is -2.02. The number of benzene rings is 1. The second kappa shape index (κ2) is 9.32. The quantitative estimate of drug-likeness (QED) is 0.770. The fourth-order valence-corrected chi connectivity index (χ4v) is 3.49. The van der Waals surface area contributed by atoms with Crippen LogP contribution in [0, 0.1) is 0 Å². The lowest BCUT2D eigenvalue weighted by Crippen LogP contribution is -2.53. The third-order valence-corrected chi connectivity index (χ3v) is 4.67. The molecule has 6 nitrogen and oxygen atoms in total. The van der Waals surface area contributed by atoms with Gasteiger partial charge in [0.15, 0.2) is 0 Å². The van der Waals surface area contributed by atoms with Crippen LogP contribution in [0.4, 0.5) is 0 Å². The summed E-state index contributed by atoms with van der Waals surface area (Å²) in [5, 5.41) is 2.63. The van der Waals surface area contributed by atoms with Gasteiger partial charge in [-0.05, 0) is 12.5 Å². The van der Waals surface area contributed by atoms with Gasteiger partial charge in [-0.3, -0.25) is 9.59 Å². The first-order chi connectivity index (χ1) is 11.6. The van der Waals surface area contributed by atoms with Crippen LogP contribution in [0.2, 0.25) is 0 Å². The Morgan fingerprint density at radius 1 is 1.29 bits per heavy atom. The molecular formula is C17H22N2O4S. The summed E-state index contributed by atoms with van der Waals surface area (Å²) in [6.45, 7) is 2.41. The van der Waals surface area contributed by atoms with Crippen LogP contribution in [0.25, 0.3) is 0 Å². The number of hydrogen-bond acceptors (Lipinski definition) is 5. The van der Waals surface area contributed by atoms with E-state index in [0.717, 1.165) is 11.3 Å². The smallest absolute Gasteiger partial charge is 0.329 e. The van der Waals surface area contributed by atoms with Crippen LogP contribution in [0.3, 0.4) is 0 Å². The molecule has 1 aliphatic rings. The third-order valence-electron chi connectivity index (χ3n) is 3.65. The van der Waals surface area contributed by atoms with Crippen molar-refractivity contribution in [2.24, 2.45) is 0 Å². The van der Waals surface area contributed by atoms with Crippen LogP contribution in [-0.4, -0.2) is 59.9 Å². The molecule has 1 heterocycles. The highest BCUT2D eigenvalue weighted by Gasteiger charge is 2.33. The molecule has 1 atom stereocenters. The molecule has 2 rings (SSSR count). The molecule has 1 N–H and O–H groups in total. The molecule has 0 saturated carbocycles. The average Bonchev–Trinajstić information content (AvgIpc) is 2.61. The number of esters is 1. The molecule has 0 bridgehead atoms. The summed E-state index contributed by atoms with van der Waals surface area (Å²) in [6, 6.07) is 8.77. The maximum Gasteiger partial charge on any atom is 0.329 e. The summed E-state index contributed by atoms with van der Waals surface area (Å²) in [5.41, 5.74) is 0.890. The van der Waals surface area contributed by atoms with Crippen molar-refractivity contribution in [1.29, 1.82) is 0 Å². The van der Waals surface area contributed by atoms with Gasteiger partial charge in [0.05, 0.1) is 19.6 Å². The van der Waals surface area contributed by atoms with E-state index < -0.39 is 6.04 Å². The number of hydrogen-bond donors (Lipinski definition) is 1. The summed E-state index contributed by atoms with van der Waals surface area (Å²) >= 11 is 1.62. The van der Waals surface area contributed by atoms with Crippen LogP contribution in [0.5, 0.6) is 0 Å². The van der Waals surface area contributed by atoms with Crippen molar-refractivity contribution in [2.45, 2.75) is 19.4 Å². The van der Waals surface area contributed by atoms with Gasteiger partial charge < -0.3 is 15.0 Å². The SMILES string of the molecule is CCOC(=O)[C@H]1CSCCN1C(=O)CNC(=O)Cc1ccccc1. The predicted molar refractivity (Wildman–Crippen MR) is 92.6 cm³/mol. The summed E-state index contributed by atoms with van der Waals surface area (Å²) in [4.78, 5) is 37.8. The number of carbonyl (C=O) groups excluding carboxylic acids is 3. The largest absolute Gasteiger partial charge is 0.464 e. The highest BCUT2D eigenvalue weighted by Crippen LogP contribution is 2.17. The molecule has 1 fully saturated rings. The van der Waals surface area contributed by atoms with Crippen molar-refractivity contribution in [3.8, 4) is 0 Å². The molecule has 2 amide bonds. The molecule has 0 unspecified atom stereocenters. The van der Waals surface area contributed by atoms with E-state index in [1.165, 1.54) is 4.90 Å². The first-order valence-electron chi connectivity index (χ1n) is 7.96. The lowest BCUT2D eigenvalue weighted by Gasteiger charge is -2.33. The van der Waals surface area contributed by atoms with Gasteiger partial charge in [-0.2, -0.15) is 11.8 Å². The molecule has 24 heavy (non-hydrogen) atoms. The van der Waals surface area contributed by atoms with Crippen molar-refractivity contribution in [3.63, 3.8) is 0 Å². The van der Waals surface area contributed by atoms with Crippen molar-refractivity contribution in [1.82, 2.24) is 10.2 Å². The van der Waals surface area contributed by atoms with E-state index in [9.17, 15) is 14.4 Å². The molecule has 1 saturated heterocycles. The fraction of sp³-hybridized carbons (Fsp3) is 0.471. The van der Waals surface area contributed by atoms with E-state index in [0.29, 0.717) is 12.3 Å². The second-order valence-electron chi connectivity index (χ2n) is 5.37. The normalized spacial score (nSPS) is 17.2. The van der Waals surface area contributed by atoms with Gasteiger partial charge in [0.25, 0.3) is 0 Å². The minimum Gasteiger partial charge on any atom is -0.464 e. The summed E-state index contributed by atoms with van der Waals surface area (Å²) < 4.78 is 5.03. The first-order valence-corrected chi connectivity index (χ1v) is 9.11. The zero-order valence-corrected chi connectivity index (χ0v) is 14.5. The van der Waals surface area contributed by atoms with E-state index in [4.69, 9.17) is 4.74 Å². The number of thioether (sulfide) groups is 1. The third kappa shape index (κ3) is 5.26. The Kier molecular flexibility index (Phi) is 7.11. The molecule has 0 aliphatic carbocycles. The molecular weight excluding hydrogens is 328 g/mol. The van der Waals surface area contributed by atoms with E-state index >= 15 is 0 Å². The first kappa shape index (κ1) is 18.3. The zero-order valence-electron chi connectivity index (χ0n) is 13.7. The Bertz CT molecular complexity index is 579. The maximum atomic E-state index is 12.4. The minimum atomic E-state index is -0.567.